The molecule has 6 heterocycles. The van der Waals surface area contributed by atoms with Gasteiger partial charge < -0.3 is 62.9 Å². The van der Waals surface area contributed by atoms with E-state index in [0.717, 1.165) is 46.6 Å². The highest BCUT2D eigenvalue weighted by molar-refractivity contribution is 7.81. The molecule has 32 nitrogen and oxygen atoms in total. The second-order valence-electron chi connectivity index (χ2n) is 20.9. The second-order valence-corrected chi connectivity index (χ2v) is 24.6. The zero-order chi connectivity index (χ0) is 64.9. The van der Waals surface area contributed by atoms with Crippen LogP contribution >= 0.6 is 45.9 Å². The maximum Gasteiger partial charge on any atom is 0.442 e. The third-order valence-corrected chi connectivity index (χ3v) is 16.5. The number of nitrogens with one attached hydrogen (secondary N) is 2. The standard InChI is InChI=1S/C52H60Cl2N16O16S3/c1-51(2)41(61-43(71)39(35-25-87-49(57)59-35)63-83-37(47(75)76)23-81-29-9-11-31(33(53)17-29)27-19-65(5)67(21-27)15-7-13-55)45(73)69(51)85-89(79,80)86-70-46(74)42(52(70,3)4)62-44(72)40(36-26-88-50(58)60-36)64-84-38(48(77)78)24-82-30-10-12-32(34(54)18-30)28-20-66(6)68(22-28)16-8-14-56/h9-12,17-22,25-26,37-38,41-42H,7-8,13-16,23-24,55-56H2,1-6H3,(H6-2,57,58,59,60,61,62,71,72,75,76,77,78)/p+2/b63-39-,64-40-/t37-,38-,41+,42+/m0/s1. The smallest absolute Gasteiger partial charge is 0.442 e. The summed E-state index contributed by atoms with van der Waals surface area (Å²) >= 11 is 15.0. The molecule has 2 aliphatic rings. The van der Waals surface area contributed by atoms with E-state index in [1.54, 1.807) is 24.3 Å². The third-order valence-electron chi connectivity index (χ3n) is 13.8. The number of aromatic nitrogens is 6. The summed E-state index contributed by atoms with van der Waals surface area (Å²) in [4.78, 5) is 98.4. The number of hydrogen-bond acceptors (Lipinski definition) is 24. The van der Waals surface area contributed by atoms with Gasteiger partial charge in [0.15, 0.2) is 35.8 Å². The van der Waals surface area contributed by atoms with Crippen molar-refractivity contribution in [1.29, 1.82) is 0 Å². The van der Waals surface area contributed by atoms with Crippen molar-refractivity contribution in [2.75, 3.05) is 37.8 Å². The summed E-state index contributed by atoms with van der Waals surface area (Å²) in [6.07, 6.45) is 5.44. The van der Waals surface area contributed by atoms with E-state index in [-0.39, 0.29) is 33.1 Å². The molecule has 0 bridgehead atoms. The number of β-lactam (4-membered cyclic amide) rings is 2. The largest absolute Gasteiger partial charge is 0.489 e. The molecule has 0 aliphatic carbocycles. The number of ether oxygens (including phenoxy) is 2. The average molecular weight is 1330 g/mol. The maximum atomic E-state index is 13.9. The minimum Gasteiger partial charge on any atom is -0.489 e. The Morgan fingerprint density at radius 3 is 1.39 bits per heavy atom. The van der Waals surface area contributed by atoms with Crippen molar-refractivity contribution in [3.63, 3.8) is 0 Å². The highest BCUT2D eigenvalue weighted by atomic mass is 35.5. The van der Waals surface area contributed by atoms with Gasteiger partial charge in [-0.1, -0.05) is 33.5 Å². The lowest BCUT2D eigenvalue weighted by Gasteiger charge is -2.52. The highest BCUT2D eigenvalue weighted by Crippen LogP contribution is 2.38. The first-order valence-electron chi connectivity index (χ1n) is 26.7. The van der Waals surface area contributed by atoms with Crippen LogP contribution in [0.5, 0.6) is 11.5 Å². The van der Waals surface area contributed by atoms with Gasteiger partial charge in [0.1, 0.15) is 48.2 Å². The van der Waals surface area contributed by atoms with E-state index < -0.39 is 106 Å². The lowest BCUT2D eigenvalue weighted by molar-refractivity contribution is -0.753. The number of oxime groups is 2. The lowest BCUT2D eigenvalue weighted by atomic mass is 9.84. The van der Waals surface area contributed by atoms with Gasteiger partial charge in [-0.3, -0.25) is 19.2 Å². The second kappa shape index (κ2) is 27.5. The van der Waals surface area contributed by atoms with Crippen LogP contribution in [0.2, 0.25) is 10.0 Å². The predicted octanol–water partition coefficient (Wildman–Crippen LogP) is 0.880. The Morgan fingerprint density at radius 1 is 0.697 bits per heavy atom. The molecule has 2 saturated heterocycles. The molecule has 476 valence electrons. The summed E-state index contributed by atoms with van der Waals surface area (Å²) < 4.78 is 56.1. The minimum absolute atomic E-state index is 0.0253. The Morgan fingerprint density at radius 2 is 1.08 bits per heavy atom. The number of thiazole rings is 2. The summed E-state index contributed by atoms with van der Waals surface area (Å²) in [6.45, 7) is 6.33. The van der Waals surface area contributed by atoms with Crippen LogP contribution in [0.25, 0.3) is 22.3 Å². The quantitative estimate of drug-likeness (QED) is 0.0134. The van der Waals surface area contributed by atoms with Crippen molar-refractivity contribution in [3.8, 4) is 33.8 Å². The molecule has 89 heavy (non-hydrogen) atoms. The normalized spacial score (nSPS) is 17.1. The van der Waals surface area contributed by atoms with Gasteiger partial charge in [0, 0.05) is 21.9 Å². The van der Waals surface area contributed by atoms with Gasteiger partial charge in [0.2, 0.25) is 12.4 Å². The maximum absolute atomic E-state index is 13.9. The van der Waals surface area contributed by atoms with Crippen LogP contribution in [0.4, 0.5) is 10.3 Å². The van der Waals surface area contributed by atoms with Crippen LogP contribution in [-0.2, 0) is 84.6 Å². The van der Waals surface area contributed by atoms with E-state index in [2.05, 4.69) is 30.9 Å². The molecule has 8 rings (SSSR count). The number of halogens is 2. The van der Waals surface area contributed by atoms with Crippen LogP contribution in [0, 0.1) is 0 Å². The van der Waals surface area contributed by atoms with Gasteiger partial charge in [-0.15, -0.1) is 40.6 Å². The number of aliphatic carboxylic acids is 2. The van der Waals surface area contributed by atoms with Crippen molar-refractivity contribution in [2.45, 2.75) is 89.0 Å². The number of carbonyl (C=O) groups excluding carboxylic acids is 4. The van der Waals surface area contributed by atoms with Crippen molar-refractivity contribution in [1.82, 2.24) is 40.1 Å². The number of benzene rings is 2. The zero-order valence-corrected chi connectivity index (χ0v) is 52.2. The molecule has 37 heteroatoms. The first-order chi connectivity index (χ1) is 42.0. The number of hydroxylamine groups is 4. The molecular formula is C52H62Cl2N16O16S3+2. The number of rotatable bonds is 30. The van der Waals surface area contributed by atoms with Crippen LogP contribution < -0.4 is 52.4 Å². The molecule has 4 aromatic heterocycles. The number of carboxylic acid groups (broad SMARTS) is 2. The fourth-order valence-corrected chi connectivity index (χ4v) is 11.5. The van der Waals surface area contributed by atoms with Crippen molar-refractivity contribution in [3.05, 3.63) is 93.4 Å². The number of nitrogens with two attached hydrogens (primary N) is 4. The number of anilines is 2. The molecule has 2 aliphatic heterocycles. The summed E-state index contributed by atoms with van der Waals surface area (Å²) in [5.41, 5.74) is 20.9. The molecule has 2 fully saturated rings. The SMILES string of the molecule is C[n+]1cc(-c2ccc(OC[C@H](O/N=C(\C(=O)N[C@@H]3C(=O)N(OS(=O)(=O)ON4C(=O)[C@@H](NC(=O)/C(=N\O[C@@H](COc5ccc(-c6cn(CCCN)[n+](C)c6)c(Cl)c5)C(=O)O)c5csc(N)n5)C4(C)C)C3(C)C)c3csc(N)n3)C(=O)O)cc2Cl)cn1CCCN. The van der Waals surface area contributed by atoms with Gasteiger partial charge in [-0.25, -0.2) is 19.6 Å². The van der Waals surface area contributed by atoms with Gasteiger partial charge in [-0.2, -0.15) is 27.9 Å². The van der Waals surface area contributed by atoms with Gasteiger partial charge in [0.25, 0.3) is 35.8 Å². The number of hydrogen-bond donors (Lipinski definition) is 8. The van der Waals surface area contributed by atoms with E-state index in [4.69, 9.17) is 73.9 Å². The van der Waals surface area contributed by atoms with Crippen LogP contribution in [0.3, 0.4) is 0 Å². The summed E-state index contributed by atoms with van der Waals surface area (Å²) in [7, 11) is -1.64. The molecule has 0 saturated carbocycles. The minimum atomic E-state index is -5.38. The van der Waals surface area contributed by atoms with Gasteiger partial charge in [0.05, 0.1) is 57.7 Å². The monoisotopic (exact) mass is 1330 g/mol. The Bertz CT molecular complexity index is 3630. The Hall–Kier alpha value is -8.55. The molecule has 6 aromatic rings. The fourth-order valence-electron chi connectivity index (χ4n) is 8.91. The molecule has 0 radical (unpaired) electrons. The zero-order valence-electron chi connectivity index (χ0n) is 48.3. The number of nitrogens with zero attached hydrogens (tertiary/aromatic N) is 10. The lowest BCUT2D eigenvalue weighted by Crippen LogP contribution is -2.78. The van der Waals surface area contributed by atoms with Gasteiger partial charge >= 0.3 is 22.3 Å². The van der Waals surface area contributed by atoms with E-state index in [0.29, 0.717) is 57.5 Å². The Balaban J connectivity index is 0.870. The topological polar surface area (TPSA) is 435 Å². The van der Waals surface area contributed by atoms with E-state index in [1.807, 2.05) is 57.6 Å². The summed E-state index contributed by atoms with van der Waals surface area (Å²) in [6, 6.07) is 6.40. The van der Waals surface area contributed by atoms with Crippen LogP contribution in [0.15, 0.2) is 82.3 Å². The number of carboxylic acids is 2. The molecular weight excluding hydrogens is 1270 g/mol. The number of nitrogen functional groups attached to an aromatic ring is 2. The van der Waals surface area contributed by atoms with Crippen molar-refractivity contribution >= 4 is 114 Å². The molecule has 4 amide bonds. The van der Waals surface area contributed by atoms with Crippen molar-refractivity contribution < 1.29 is 84.5 Å². The highest BCUT2D eigenvalue weighted by Gasteiger charge is 2.61. The molecule has 4 atom stereocenters. The first-order valence-corrected chi connectivity index (χ1v) is 30.6. The van der Waals surface area contributed by atoms with Crippen molar-refractivity contribution in [2.24, 2.45) is 35.9 Å². The number of amides is 4. The van der Waals surface area contributed by atoms with Crippen LogP contribution in [0.1, 0.15) is 51.9 Å². The Labute approximate surface area is 525 Å². The summed E-state index contributed by atoms with van der Waals surface area (Å²) in [5.74, 6) is -7.32. The predicted molar refractivity (Wildman–Crippen MR) is 318 cm³/mol. The summed E-state index contributed by atoms with van der Waals surface area (Å²) in [5, 5.41) is 36.3. The average Bonchev–Trinajstić information content (AvgIpc) is 1.34. The van der Waals surface area contributed by atoms with E-state index >= 15 is 0 Å². The fraction of sp³-hybridized carbons (Fsp3) is 0.385. The van der Waals surface area contributed by atoms with E-state index in [9.17, 15) is 47.4 Å². The number of aryl methyl sites for hydroxylation is 4. The van der Waals surface area contributed by atoms with E-state index in [1.165, 1.54) is 50.6 Å². The number of carbonyl (C=O) groups is 6. The Kier molecular flexibility index (Phi) is 20.5. The first kappa shape index (κ1) is 66.4. The van der Waals surface area contributed by atoms with Gasteiger partial charge in [-0.05, 0) is 90.0 Å². The van der Waals surface area contributed by atoms with Crippen LogP contribution in [-0.4, -0.2) is 157 Å². The third kappa shape index (κ3) is 15.1. The molecule has 0 unspecified atom stereocenters. The molecule has 2 aromatic carbocycles. The molecule has 0 spiro atoms. The molecule has 12 N–H and O–H groups in total.